The summed E-state index contributed by atoms with van der Waals surface area (Å²) >= 11 is 11.2. The van der Waals surface area contributed by atoms with E-state index >= 15 is 0 Å². The number of nitrogens with one attached hydrogen (secondary N) is 2. The van der Waals surface area contributed by atoms with Gasteiger partial charge < -0.3 is 10.6 Å². The van der Waals surface area contributed by atoms with Crippen LogP contribution in [0.15, 0.2) is 53.4 Å². The van der Waals surface area contributed by atoms with Crippen molar-refractivity contribution in [1.82, 2.24) is 9.62 Å². The summed E-state index contributed by atoms with van der Waals surface area (Å²) in [6, 6.07) is 14.0. The highest BCUT2D eigenvalue weighted by molar-refractivity contribution is 7.89. The maximum atomic E-state index is 12.2. The summed E-state index contributed by atoms with van der Waals surface area (Å²) < 4.78 is 25.6. The van der Waals surface area contributed by atoms with E-state index in [-0.39, 0.29) is 10.9 Å². The van der Waals surface area contributed by atoms with E-state index < -0.39 is 10.0 Å². The molecule has 25 heavy (non-hydrogen) atoms. The lowest BCUT2D eigenvalue weighted by Crippen LogP contribution is -2.31. The van der Waals surface area contributed by atoms with Gasteiger partial charge in [0.2, 0.25) is 10.0 Å². The monoisotopic (exact) mass is 397 g/mol. The van der Waals surface area contributed by atoms with Crippen molar-refractivity contribution in [2.45, 2.75) is 17.9 Å². The molecule has 2 aromatic rings. The van der Waals surface area contributed by atoms with Gasteiger partial charge in [-0.15, -0.1) is 0 Å². The summed E-state index contributed by atoms with van der Waals surface area (Å²) in [6.07, 6.45) is 0. The summed E-state index contributed by atoms with van der Waals surface area (Å²) in [5.74, 6) is 0. The average molecular weight is 398 g/mol. The van der Waals surface area contributed by atoms with Gasteiger partial charge in [-0.3, -0.25) is 0 Å². The highest BCUT2D eigenvalue weighted by atomic mass is 35.5. The lowest BCUT2D eigenvalue weighted by molar-refractivity contribution is 0.521. The molecule has 0 amide bonds. The van der Waals surface area contributed by atoms with Crippen molar-refractivity contribution >= 4 is 44.6 Å². The molecular weight excluding hydrogens is 378 g/mol. The van der Waals surface area contributed by atoms with Gasteiger partial charge in [-0.2, -0.15) is 0 Å². The van der Waals surface area contributed by atoms with Gasteiger partial charge in [0.1, 0.15) is 0 Å². The largest absolute Gasteiger partial charge is 0.356 e. The van der Waals surface area contributed by atoms with Gasteiger partial charge >= 0.3 is 0 Å². The topological polar surface area (TPSA) is 61.4 Å². The fourth-order valence-electron chi connectivity index (χ4n) is 2.14. The molecule has 0 fully saturated rings. The fraction of sp³-hybridized carbons (Fsp3) is 0.235. The third-order valence-electron chi connectivity index (χ3n) is 3.59. The summed E-state index contributed by atoms with van der Waals surface area (Å²) in [5.41, 5.74) is 1.64. The van der Waals surface area contributed by atoms with E-state index in [0.29, 0.717) is 15.8 Å². The van der Waals surface area contributed by atoms with Crippen molar-refractivity contribution in [3.05, 3.63) is 59.1 Å². The molecule has 0 unspecified atom stereocenters. The zero-order chi connectivity index (χ0) is 18.6. The average Bonchev–Trinajstić information content (AvgIpc) is 2.55. The first-order valence-electron chi connectivity index (χ1n) is 7.56. The zero-order valence-corrected chi connectivity index (χ0v) is 16.5. The van der Waals surface area contributed by atoms with E-state index in [9.17, 15) is 8.42 Å². The highest BCUT2D eigenvalue weighted by Crippen LogP contribution is 2.19. The Labute approximate surface area is 159 Å². The lowest BCUT2D eigenvalue weighted by atomic mass is 10.1. The van der Waals surface area contributed by atoms with Gasteiger partial charge in [0, 0.05) is 24.8 Å². The lowest BCUT2D eigenvalue weighted by Gasteiger charge is -2.18. The Balaban J connectivity index is 2.07. The Morgan fingerprint density at radius 3 is 2.40 bits per heavy atom. The van der Waals surface area contributed by atoms with Crippen LogP contribution in [0.2, 0.25) is 5.02 Å². The van der Waals surface area contributed by atoms with Gasteiger partial charge in [0.05, 0.1) is 10.9 Å². The maximum Gasteiger partial charge on any atom is 0.242 e. The molecular formula is C17H20ClN3O2S2. The second-order valence-electron chi connectivity index (χ2n) is 5.69. The van der Waals surface area contributed by atoms with Gasteiger partial charge in [-0.1, -0.05) is 29.8 Å². The molecule has 0 saturated carbocycles. The number of nitrogens with zero attached hydrogens (tertiary/aromatic N) is 1. The number of rotatable bonds is 5. The number of hydrogen-bond donors (Lipinski definition) is 2. The van der Waals surface area contributed by atoms with Crippen LogP contribution < -0.4 is 10.6 Å². The molecule has 0 spiro atoms. The minimum absolute atomic E-state index is 0.0223. The van der Waals surface area contributed by atoms with Crippen molar-refractivity contribution in [1.29, 1.82) is 0 Å². The number of hydrogen-bond acceptors (Lipinski definition) is 3. The number of anilines is 1. The van der Waals surface area contributed by atoms with Crippen molar-refractivity contribution in [3.63, 3.8) is 0 Å². The van der Waals surface area contributed by atoms with Crippen LogP contribution in [0.25, 0.3) is 0 Å². The Morgan fingerprint density at radius 1 is 1.16 bits per heavy atom. The molecule has 0 saturated heterocycles. The molecule has 0 aliphatic carbocycles. The van der Waals surface area contributed by atoms with Crippen LogP contribution in [0, 0.1) is 0 Å². The van der Waals surface area contributed by atoms with E-state index in [2.05, 4.69) is 10.6 Å². The van der Waals surface area contributed by atoms with E-state index in [1.807, 2.05) is 31.2 Å². The molecule has 2 N–H and O–H groups in total. The predicted octanol–water partition coefficient (Wildman–Crippen LogP) is 3.64. The third kappa shape index (κ3) is 5.15. The SMILES string of the molecule is C[C@@H](NC(=S)Nc1cccc(S(=O)(=O)N(C)C)c1)c1ccc(Cl)cc1. The molecule has 0 bridgehead atoms. The van der Waals surface area contributed by atoms with E-state index in [1.54, 1.807) is 24.3 Å². The number of sulfonamides is 1. The smallest absolute Gasteiger partial charge is 0.242 e. The van der Waals surface area contributed by atoms with Crippen LogP contribution in [0.4, 0.5) is 5.69 Å². The Hall–Kier alpha value is -1.67. The van der Waals surface area contributed by atoms with Crippen molar-refractivity contribution in [2.75, 3.05) is 19.4 Å². The second kappa shape index (κ2) is 8.14. The quantitative estimate of drug-likeness (QED) is 0.754. The van der Waals surface area contributed by atoms with Crippen LogP contribution in [-0.4, -0.2) is 31.9 Å². The third-order valence-corrected chi connectivity index (χ3v) is 5.87. The maximum absolute atomic E-state index is 12.2. The van der Waals surface area contributed by atoms with Crippen molar-refractivity contribution in [3.8, 4) is 0 Å². The molecule has 2 aromatic carbocycles. The minimum Gasteiger partial charge on any atom is -0.356 e. The number of benzene rings is 2. The van der Waals surface area contributed by atoms with Crippen LogP contribution in [0.5, 0.6) is 0 Å². The highest BCUT2D eigenvalue weighted by Gasteiger charge is 2.17. The van der Waals surface area contributed by atoms with Crippen molar-refractivity contribution < 1.29 is 8.42 Å². The second-order valence-corrected chi connectivity index (χ2v) is 8.68. The molecule has 5 nitrogen and oxygen atoms in total. The normalized spacial score (nSPS) is 12.7. The molecule has 0 aliphatic heterocycles. The fourth-order valence-corrected chi connectivity index (χ4v) is 3.51. The van der Waals surface area contributed by atoms with E-state index in [4.69, 9.17) is 23.8 Å². The minimum atomic E-state index is -3.49. The Kier molecular flexibility index (Phi) is 6.40. The zero-order valence-electron chi connectivity index (χ0n) is 14.2. The standard InChI is InChI=1S/C17H20ClN3O2S2/c1-12(13-7-9-14(18)10-8-13)19-17(24)20-15-5-4-6-16(11-15)25(22,23)21(2)3/h4-12H,1-3H3,(H2,19,20,24)/t12-/m1/s1. The molecule has 0 heterocycles. The molecule has 2 rings (SSSR count). The van der Waals surface area contributed by atoms with Gasteiger partial charge in [-0.05, 0) is 55.0 Å². The van der Waals surface area contributed by atoms with Gasteiger partial charge in [0.15, 0.2) is 5.11 Å². The van der Waals surface area contributed by atoms with Crippen LogP contribution in [-0.2, 0) is 10.0 Å². The van der Waals surface area contributed by atoms with Crippen LogP contribution >= 0.6 is 23.8 Å². The summed E-state index contributed by atoms with van der Waals surface area (Å²) in [4.78, 5) is 0.205. The van der Waals surface area contributed by atoms with E-state index in [0.717, 1.165) is 5.56 Å². The number of thiocarbonyl (C=S) groups is 1. The van der Waals surface area contributed by atoms with Gasteiger partial charge in [0.25, 0.3) is 0 Å². The van der Waals surface area contributed by atoms with E-state index in [1.165, 1.54) is 18.4 Å². The van der Waals surface area contributed by atoms with Crippen molar-refractivity contribution in [2.24, 2.45) is 0 Å². The molecule has 8 heteroatoms. The van der Waals surface area contributed by atoms with Crippen LogP contribution in [0.3, 0.4) is 0 Å². The van der Waals surface area contributed by atoms with Crippen LogP contribution in [0.1, 0.15) is 18.5 Å². The summed E-state index contributed by atoms with van der Waals surface area (Å²) in [6.45, 7) is 1.98. The molecule has 0 aliphatic rings. The molecule has 0 radical (unpaired) electrons. The first-order chi connectivity index (χ1) is 11.7. The first-order valence-corrected chi connectivity index (χ1v) is 9.78. The summed E-state index contributed by atoms with van der Waals surface area (Å²) in [7, 11) is -0.497. The van der Waals surface area contributed by atoms with Gasteiger partial charge in [-0.25, -0.2) is 12.7 Å². The molecule has 134 valence electrons. The Morgan fingerprint density at radius 2 is 1.80 bits per heavy atom. The first kappa shape index (κ1) is 19.7. The summed E-state index contributed by atoms with van der Waals surface area (Å²) in [5, 5.41) is 7.26. The molecule has 1 atom stereocenters. The molecule has 0 aromatic heterocycles. The predicted molar refractivity (Wildman–Crippen MR) is 107 cm³/mol. The number of halogens is 1. The Bertz CT molecular complexity index is 852.